The Morgan fingerprint density at radius 1 is 1.29 bits per heavy atom. The maximum Gasteiger partial charge on any atom is 0.123 e. The Bertz CT molecular complexity index is 634. The third kappa shape index (κ3) is 3.81. The van der Waals surface area contributed by atoms with Crippen molar-refractivity contribution in [1.82, 2.24) is 5.43 Å². The molecule has 0 heterocycles. The van der Waals surface area contributed by atoms with Gasteiger partial charge in [-0.2, -0.15) is 0 Å². The van der Waals surface area contributed by atoms with Crippen molar-refractivity contribution in [2.24, 2.45) is 5.84 Å². The van der Waals surface area contributed by atoms with E-state index >= 15 is 0 Å². The summed E-state index contributed by atoms with van der Waals surface area (Å²) in [6, 6.07) is 10.3. The molecule has 1 atom stereocenters. The van der Waals surface area contributed by atoms with Gasteiger partial charge < -0.3 is 4.74 Å². The van der Waals surface area contributed by atoms with Crippen molar-refractivity contribution in [2.75, 3.05) is 7.11 Å². The molecule has 5 heteroatoms. The molecule has 0 aliphatic carbocycles. The highest BCUT2D eigenvalue weighted by Gasteiger charge is 2.16. The Morgan fingerprint density at radius 2 is 2.05 bits per heavy atom. The molecule has 0 fully saturated rings. The molecule has 21 heavy (non-hydrogen) atoms. The molecule has 2 aromatic rings. The zero-order valence-corrected chi connectivity index (χ0v) is 13.6. The Hall–Kier alpha value is -1.43. The van der Waals surface area contributed by atoms with Crippen molar-refractivity contribution in [2.45, 2.75) is 19.4 Å². The van der Waals surface area contributed by atoms with Crippen molar-refractivity contribution in [1.29, 1.82) is 0 Å². The number of benzene rings is 2. The molecule has 0 aliphatic rings. The number of rotatable bonds is 5. The lowest BCUT2D eigenvalue weighted by Gasteiger charge is -2.20. The maximum atomic E-state index is 13.4. The molecular formula is C16H18BrFN2O. The highest BCUT2D eigenvalue weighted by atomic mass is 79.9. The number of nitrogens with one attached hydrogen (secondary N) is 1. The van der Waals surface area contributed by atoms with Crippen LogP contribution in [0.25, 0.3) is 0 Å². The molecule has 2 aromatic carbocycles. The van der Waals surface area contributed by atoms with E-state index in [9.17, 15) is 4.39 Å². The molecular weight excluding hydrogens is 335 g/mol. The number of hydrazine groups is 1. The second-order valence-electron chi connectivity index (χ2n) is 4.88. The fourth-order valence-electron chi connectivity index (χ4n) is 2.25. The minimum absolute atomic E-state index is 0.144. The van der Waals surface area contributed by atoms with Crippen LogP contribution in [0.2, 0.25) is 0 Å². The summed E-state index contributed by atoms with van der Waals surface area (Å²) in [6.07, 6.45) is 0.589. The van der Waals surface area contributed by atoms with Gasteiger partial charge in [0.15, 0.2) is 0 Å². The van der Waals surface area contributed by atoms with Gasteiger partial charge in [-0.1, -0.05) is 22.0 Å². The average molecular weight is 353 g/mol. The van der Waals surface area contributed by atoms with Crippen LogP contribution in [0, 0.1) is 12.7 Å². The van der Waals surface area contributed by atoms with E-state index in [2.05, 4.69) is 21.4 Å². The Kier molecular flexibility index (Phi) is 5.33. The van der Waals surface area contributed by atoms with E-state index in [0.717, 1.165) is 26.9 Å². The van der Waals surface area contributed by atoms with Gasteiger partial charge in [0.2, 0.25) is 0 Å². The number of hydrogen-bond donors (Lipinski definition) is 2. The fourth-order valence-corrected chi connectivity index (χ4v) is 2.78. The van der Waals surface area contributed by atoms with Gasteiger partial charge in [-0.05, 0) is 60.4 Å². The van der Waals surface area contributed by atoms with Gasteiger partial charge in [0, 0.05) is 4.47 Å². The van der Waals surface area contributed by atoms with Crippen LogP contribution in [0.3, 0.4) is 0 Å². The predicted molar refractivity (Wildman–Crippen MR) is 85.6 cm³/mol. The van der Waals surface area contributed by atoms with Crippen LogP contribution >= 0.6 is 15.9 Å². The molecule has 3 nitrogen and oxygen atoms in total. The number of nitrogens with two attached hydrogens (primary N) is 1. The van der Waals surface area contributed by atoms with Gasteiger partial charge in [-0.3, -0.25) is 11.3 Å². The predicted octanol–water partition coefficient (Wildman–Crippen LogP) is 3.65. The highest BCUT2D eigenvalue weighted by Crippen LogP contribution is 2.30. The molecule has 0 radical (unpaired) electrons. The minimum Gasteiger partial charge on any atom is -0.497 e. The number of ether oxygens (including phenoxy) is 1. The van der Waals surface area contributed by atoms with E-state index in [1.54, 1.807) is 19.2 Å². The van der Waals surface area contributed by atoms with Crippen LogP contribution in [0.1, 0.15) is 22.7 Å². The van der Waals surface area contributed by atoms with Gasteiger partial charge in [-0.25, -0.2) is 4.39 Å². The standard InChI is InChI=1S/C16H18BrFN2O/c1-10-3-4-12(18)7-11(10)8-16(20-19)14-9-13(21-2)5-6-15(14)17/h3-7,9,16,20H,8,19H2,1-2H3. The zero-order valence-electron chi connectivity index (χ0n) is 12.0. The van der Waals surface area contributed by atoms with Gasteiger partial charge >= 0.3 is 0 Å². The molecule has 0 amide bonds. The normalized spacial score (nSPS) is 12.2. The maximum absolute atomic E-state index is 13.4. The first-order valence-electron chi connectivity index (χ1n) is 6.59. The molecule has 2 rings (SSSR count). The number of hydrogen-bond acceptors (Lipinski definition) is 3. The molecule has 0 aliphatic heterocycles. The lowest BCUT2D eigenvalue weighted by atomic mass is 9.96. The molecule has 3 N–H and O–H groups in total. The van der Waals surface area contributed by atoms with Crippen LogP contribution in [-0.2, 0) is 6.42 Å². The van der Waals surface area contributed by atoms with E-state index in [1.807, 2.05) is 25.1 Å². The van der Waals surface area contributed by atoms with Crippen LogP contribution in [0.5, 0.6) is 5.75 Å². The first-order chi connectivity index (χ1) is 10.0. The third-order valence-corrected chi connectivity index (χ3v) is 4.24. The second-order valence-corrected chi connectivity index (χ2v) is 5.74. The van der Waals surface area contributed by atoms with E-state index in [-0.39, 0.29) is 11.9 Å². The molecule has 112 valence electrons. The van der Waals surface area contributed by atoms with Crippen LogP contribution in [0.15, 0.2) is 40.9 Å². The Morgan fingerprint density at radius 3 is 2.71 bits per heavy atom. The molecule has 0 saturated carbocycles. The minimum atomic E-state index is -0.240. The van der Waals surface area contributed by atoms with Gasteiger partial charge in [0.05, 0.1) is 13.2 Å². The monoisotopic (exact) mass is 352 g/mol. The lowest BCUT2D eigenvalue weighted by molar-refractivity contribution is 0.412. The van der Waals surface area contributed by atoms with Crippen molar-refractivity contribution in [3.63, 3.8) is 0 Å². The molecule has 1 unspecified atom stereocenters. The third-order valence-electron chi connectivity index (χ3n) is 3.51. The van der Waals surface area contributed by atoms with E-state index in [0.29, 0.717) is 6.42 Å². The molecule has 0 spiro atoms. The molecule has 0 bridgehead atoms. The summed E-state index contributed by atoms with van der Waals surface area (Å²) in [5, 5.41) is 0. The van der Waals surface area contributed by atoms with E-state index < -0.39 is 0 Å². The van der Waals surface area contributed by atoms with Gasteiger partial charge in [0.1, 0.15) is 11.6 Å². The highest BCUT2D eigenvalue weighted by molar-refractivity contribution is 9.10. The van der Waals surface area contributed by atoms with Crippen LogP contribution < -0.4 is 16.0 Å². The van der Waals surface area contributed by atoms with Crippen molar-refractivity contribution in [3.8, 4) is 5.75 Å². The van der Waals surface area contributed by atoms with E-state index in [1.165, 1.54) is 6.07 Å². The largest absolute Gasteiger partial charge is 0.497 e. The van der Waals surface area contributed by atoms with Crippen LogP contribution in [0.4, 0.5) is 4.39 Å². The van der Waals surface area contributed by atoms with Crippen molar-refractivity contribution < 1.29 is 9.13 Å². The summed E-state index contributed by atoms with van der Waals surface area (Å²) >= 11 is 3.52. The zero-order chi connectivity index (χ0) is 15.4. The Balaban J connectivity index is 2.34. The van der Waals surface area contributed by atoms with Crippen molar-refractivity contribution >= 4 is 15.9 Å². The average Bonchev–Trinajstić information content (AvgIpc) is 2.49. The molecule has 0 aromatic heterocycles. The van der Waals surface area contributed by atoms with E-state index in [4.69, 9.17) is 10.6 Å². The van der Waals surface area contributed by atoms with Gasteiger partial charge in [0.25, 0.3) is 0 Å². The number of halogens is 2. The first kappa shape index (κ1) is 15.9. The summed E-state index contributed by atoms with van der Waals surface area (Å²) < 4.78 is 19.6. The smallest absolute Gasteiger partial charge is 0.123 e. The summed E-state index contributed by atoms with van der Waals surface area (Å²) in [5.41, 5.74) is 5.73. The van der Waals surface area contributed by atoms with Crippen LogP contribution in [-0.4, -0.2) is 7.11 Å². The Labute approximate surface area is 132 Å². The fraction of sp³-hybridized carbons (Fsp3) is 0.250. The lowest BCUT2D eigenvalue weighted by Crippen LogP contribution is -2.30. The van der Waals surface area contributed by atoms with Gasteiger partial charge in [-0.15, -0.1) is 0 Å². The van der Waals surface area contributed by atoms with Crippen molar-refractivity contribution in [3.05, 3.63) is 63.4 Å². The molecule has 0 saturated heterocycles. The summed E-state index contributed by atoms with van der Waals surface area (Å²) in [7, 11) is 1.62. The SMILES string of the molecule is COc1ccc(Br)c(C(Cc2cc(F)ccc2C)NN)c1. The summed E-state index contributed by atoms with van der Waals surface area (Å²) in [5.74, 6) is 6.21. The first-order valence-corrected chi connectivity index (χ1v) is 7.39. The number of methoxy groups -OCH3 is 1. The topological polar surface area (TPSA) is 47.3 Å². The quantitative estimate of drug-likeness (QED) is 0.637. The number of aryl methyl sites for hydroxylation is 1. The summed E-state index contributed by atoms with van der Waals surface area (Å²) in [4.78, 5) is 0. The second kappa shape index (κ2) is 7.02. The summed E-state index contributed by atoms with van der Waals surface area (Å²) in [6.45, 7) is 1.96.